The fourth-order valence-corrected chi connectivity index (χ4v) is 2.52. The fraction of sp³-hybridized carbons (Fsp3) is 0.150. The first-order valence-corrected chi connectivity index (χ1v) is 8.11. The average Bonchev–Trinajstić information content (AvgIpc) is 2.69. The summed E-state index contributed by atoms with van der Waals surface area (Å²) in [5.41, 5.74) is 2.58. The summed E-state index contributed by atoms with van der Waals surface area (Å²) in [5.74, 6) is 0.635. The van der Waals surface area contributed by atoms with Crippen LogP contribution in [0.4, 0.5) is 11.5 Å². The molecule has 1 atom stereocenters. The van der Waals surface area contributed by atoms with Crippen LogP contribution in [0.25, 0.3) is 0 Å². The Bertz CT molecular complexity index is 819. The van der Waals surface area contributed by atoms with E-state index in [1.165, 1.54) is 0 Å². The van der Waals surface area contributed by atoms with E-state index in [0.717, 1.165) is 17.1 Å². The number of nitrogens with one attached hydrogen (secondary N) is 1. The van der Waals surface area contributed by atoms with Crippen LogP contribution in [-0.4, -0.2) is 22.9 Å². The van der Waals surface area contributed by atoms with Crippen LogP contribution in [0, 0.1) is 0 Å². The zero-order valence-electron chi connectivity index (χ0n) is 14.3. The van der Waals surface area contributed by atoms with E-state index in [1.807, 2.05) is 67.4 Å². The van der Waals surface area contributed by atoms with Gasteiger partial charge in [-0.1, -0.05) is 18.2 Å². The highest BCUT2D eigenvalue weighted by molar-refractivity contribution is 5.94. The lowest BCUT2D eigenvalue weighted by Gasteiger charge is -2.18. The lowest BCUT2D eigenvalue weighted by atomic mass is 10.1. The maximum absolute atomic E-state index is 12.4. The molecule has 0 saturated carbocycles. The number of rotatable bonds is 5. The van der Waals surface area contributed by atoms with Gasteiger partial charge in [-0.3, -0.25) is 9.78 Å². The van der Waals surface area contributed by atoms with E-state index in [-0.39, 0.29) is 11.9 Å². The van der Waals surface area contributed by atoms with Crippen LogP contribution in [0.5, 0.6) is 0 Å². The maximum Gasteiger partial charge on any atom is 0.253 e. The van der Waals surface area contributed by atoms with Gasteiger partial charge in [0.2, 0.25) is 0 Å². The minimum absolute atomic E-state index is 0.0952. The molecule has 5 heteroatoms. The second-order valence-electron chi connectivity index (χ2n) is 5.78. The van der Waals surface area contributed by atoms with Gasteiger partial charge in [0.15, 0.2) is 0 Å². The summed E-state index contributed by atoms with van der Waals surface area (Å²) in [4.78, 5) is 22.8. The van der Waals surface area contributed by atoms with Crippen LogP contribution in [0.3, 0.4) is 0 Å². The van der Waals surface area contributed by atoms with Gasteiger partial charge < -0.3 is 10.2 Å². The highest BCUT2D eigenvalue weighted by Crippen LogP contribution is 2.21. The molecule has 5 nitrogen and oxygen atoms in total. The molecule has 0 bridgehead atoms. The molecule has 0 saturated heterocycles. The Balaban J connectivity index is 1.68. The third-order valence-electron chi connectivity index (χ3n) is 4.05. The summed E-state index contributed by atoms with van der Waals surface area (Å²) >= 11 is 0. The van der Waals surface area contributed by atoms with Crippen LogP contribution in [0.15, 0.2) is 73.2 Å². The second kappa shape index (κ2) is 7.57. The van der Waals surface area contributed by atoms with E-state index in [9.17, 15) is 4.79 Å². The molecule has 0 aliphatic rings. The van der Waals surface area contributed by atoms with Gasteiger partial charge in [0.05, 0.1) is 11.6 Å². The molecule has 0 radical (unpaired) electrons. The Hall–Kier alpha value is -3.21. The van der Waals surface area contributed by atoms with Gasteiger partial charge in [-0.25, -0.2) is 4.98 Å². The number of amides is 1. The molecule has 3 rings (SSSR count). The predicted molar refractivity (Wildman–Crippen MR) is 98.9 cm³/mol. The van der Waals surface area contributed by atoms with E-state index in [2.05, 4.69) is 15.3 Å². The number of pyridine rings is 2. The monoisotopic (exact) mass is 332 g/mol. The smallest absolute Gasteiger partial charge is 0.253 e. The Morgan fingerprint density at radius 3 is 2.40 bits per heavy atom. The molecular formula is C20H20N4O. The summed E-state index contributed by atoms with van der Waals surface area (Å²) < 4.78 is 0. The third-order valence-corrected chi connectivity index (χ3v) is 4.05. The molecule has 2 heterocycles. The van der Waals surface area contributed by atoms with Crippen molar-refractivity contribution in [2.75, 3.05) is 11.9 Å². The van der Waals surface area contributed by atoms with E-state index in [4.69, 9.17) is 0 Å². The standard InChI is InChI=1S/C20H20N4O/c1-15(16-10-12-21-13-11-16)23-20(25)17-8-9-19(22-14-17)24(2)18-6-4-3-5-7-18/h3-15H,1-2H3,(H,23,25). The first kappa shape index (κ1) is 16.6. The summed E-state index contributed by atoms with van der Waals surface area (Å²) in [6, 6.07) is 17.3. The molecule has 1 amide bonds. The van der Waals surface area contributed by atoms with Gasteiger partial charge in [-0.05, 0) is 48.9 Å². The number of nitrogens with zero attached hydrogens (tertiary/aromatic N) is 3. The van der Waals surface area contributed by atoms with Gasteiger partial charge in [0.1, 0.15) is 5.82 Å². The lowest BCUT2D eigenvalue weighted by molar-refractivity contribution is 0.0939. The van der Waals surface area contributed by atoms with E-state index in [0.29, 0.717) is 5.56 Å². The molecule has 3 aromatic rings. The number of carbonyl (C=O) groups is 1. The van der Waals surface area contributed by atoms with E-state index >= 15 is 0 Å². The zero-order valence-corrected chi connectivity index (χ0v) is 14.3. The summed E-state index contributed by atoms with van der Waals surface area (Å²) in [6.07, 6.45) is 5.03. The summed E-state index contributed by atoms with van der Waals surface area (Å²) in [6.45, 7) is 1.94. The minimum Gasteiger partial charge on any atom is -0.345 e. The van der Waals surface area contributed by atoms with Crippen molar-refractivity contribution in [3.05, 3.63) is 84.3 Å². The molecule has 0 aliphatic carbocycles. The number of aromatic nitrogens is 2. The van der Waals surface area contributed by atoms with Crippen molar-refractivity contribution in [1.82, 2.24) is 15.3 Å². The first-order valence-electron chi connectivity index (χ1n) is 8.11. The van der Waals surface area contributed by atoms with Crippen molar-refractivity contribution in [2.24, 2.45) is 0 Å². The number of para-hydroxylation sites is 1. The predicted octanol–water partition coefficient (Wildman–Crippen LogP) is 3.74. The largest absolute Gasteiger partial charge is 0.345 e. The topological polar surface area (TPSA) is 58.1 Å². The number of benzene rings is 1. The molecule has 126 valence electrons. The highest BCUT2D eigenvalue weighted by atomic mass is 16.1. The van der Waals surface area contributed by atoms with Crippen LogP contribution in [-0.2, 0) is 0 Å². The van der Waals surface area contributed by atoms with Crippen LogP contribution in [0.1, 0.15) is 28.9 Å². The molecule has 0 spiro atoms. The second-order valence-corrected chi connectivity index (χ2v) is 5.78. The molecule has 1 unspecified atom stereocenters. The Kier molecular flexibility index (Phi) is 5.04. The lowest BCUT2D eigenvalue weighted by Crippen LogP contribution is -2.26. The van der Waals surface area contributed by atoms with Crippen molar-refractivity contribution in [1.29, 1.82) is 0 Å². The van der Waals surface area contributed by atoms with Crippen molar-refractivity contribution in [2.45, 2.75) is 13.0 Å². The zero-order chi connectivity index (χ0) is 17.6. The quantitative estimate of drug-likeness (QED) is 0.773. The normalized spacial score (nSPS) is 11.6. The first-order chi connectivity index (χ1) is 12.1. The average molecular weight is 332 g/mol. The van der Waals surface area contributed by atoms with Crippen LogP contribution < -0.4 is 10.2 Å². The van der Waals surface area contributed by atoms with Gasteiger partial charge >= 0.3 is 0 Å². The Labute approximate surface area is 147 Å². The minimum atomic E-state index is -0.147. The van der Waals surface area contributed by atoms with E-state index in [1.54, 1.807) is 24.7 Å². The number of carbonyl (C=O) groups excluding carboxylic acids is 1. The number of hydrogen-bond donors (Lipinski definition) is 1. The molecule has 1 aromatic carbocycles. The molecular weight excluding hydrogens is 312 g/mol. The van der Waals surface area contributed by atoms with Crippen molar-refractivity contribution in [3.8, 4) is 0 Å². The highest BCUT2D eigenvalue weighted by Gasteiger charge is 2.12. The van der Waals surface area contributed by atoms with E-state index < -0.39 is 0 Å². The number of anilines is 2. The summed E-state index contributed by atoms with van der Waals surface area (Å²) in [5, 5.41) is 2.97. The molecule has 25 heavy (non-hydrogen) atoms. The third kappa shape index (κ3) is 4.01. The fourth-order valence-electron chi connectivity index (χ4n) is 2.52. The molecule has 0 fully saturated rings. The maximum atomic E-state index is 12.4. The van der Waals surface area contributed by atoms with Crippen molar-refractivity contribution in [3.63, 3.8) is 0 Å². The van der Waals surface area contributed by atoms with Crippen LogP contribution >= 0.6 is 0 Å². The van der Waals surface area contributed by atoms with Gasteiger partial charge in [-0.2, -0.15) is 0 Å². The van der Waals surface area contributed by atoms with Crippen LogP contribution in [0.2, 0.25) is 0 Å². The van der Waals surface area contributed by atoms with Crippen molar-refractivity contribution >= 4 is 17.4 Å². The Morgan fingerprint density at radius 1 is 1.04 bits per heavy atom. The van der Waals surface area contributed by atoms with Gasteiger partial charge in [0, 0.05) is 31.3 Å². The Morgan fingerprint density at radius 2 is 1.76 bits per heavy atom. The summed E-state index contributed by atoms with van der Waals surface area (Å²) in [7, 11) is 1.95. The number of hydrogen-bond acceptors (Lipinski definition) is 4. The molecule has 1 N–H and O–H groups in total. The molecule has 2 aromatic heterocycles. The van der Waals surface area contributed by atoms with Gasteiger partial charge in [-0.15, -0.1) is 0 Å². The SMILES string of the molecule is CC(NC(=O)c1ccc(N(C)c2ccccc2)nc1)c1ccncc1. The van der Waals surface area contributed by atoms with Crippen molar-refractivity contribution < 1.29 is 4.79 Å². The van der Waals surface area contributed by atoms with Gasteiger partial charge in [0.25, 0.3) is 5.91 Å². The molecule has 0 aliphatic heterocycles.